The third kappa shape index (κ3) is 3.90. The molecule has 0 fully saturated rings. The van der Waals surface area contributed by atoms with Crippen molar-refractivity contribution in [2.45, 2.75) is 13.0 Å². The smallest absolute Gasteiger partial charge is 0.336 e. The molecule has 0 aliphatic carbocycles. The second-order valence-electron chi connectivity index (χ2n) is 4.77. The van der Waals surface area contributed by atoms with Crippen molar-refractivity contribution in [1.82, 2.24) is 9.88 Å². The van der Waals surface area contributed by atoms with E-state index in [4.69, 9.17) is 5.11 Å². The van der Waals surface area contributed by atoms with E-state index in [-0.39, 0.29) is 0 Å². The quantitative estimate of drug-likeness (QED) is 0.876. The molecule has 2 aromatic rings. The number of carboxylic acid groups (broad SMARTS) is 1. The van der Waals surface area contributed by atoms with Crippen molar-refractivity contribution in [2.24, 2.45) is 0 Å². The number of aromatic nitrogens is 1. The first-order chi connectivity index (χ1) is 9.66. The number of nitrogens with zero attached hydrogens (tertiary/aromatic N) is 2. The van der Waals surface area contributed by atoms with E-state index >= 15 is 0 Å². The number of likely N-dealkylation sites (N-methyl/N-ethyl adjacent to an activating group) is 1. The Hall–Kier alpha value is -2.20. The predicted molar refractivity (Wildman–Crippen MR) is 77.7 cm³/mol. The summed E-state index contributed by atoms with van der Waals surface area (Å²) in [6.07, 6.45) is 2.64. The molecule has 4 heteroatoms. The van der Waals surface area contributed by atoms with E-state index in [0.29, 0.717) is 12.1 Å². The van der Waals surface area contributed by atoms with Gasteiger partial charge in [-0.25, -0.2) is 4.79 Å². The third-order valence-electron chi connectivity index (χ3n) is 3.16. The van der Waals surface area contributed by atoms with Gasteiger partial charge in [-0.2, -0.15) is 0 Å². The molecule has 0 unspecified atom stereocenters. The minimum Gasteiger partial charge on any atom is -0.478 e. The molecule has 20 heavy (non-hydrogen) atoms. The molecule has 0 spiro atoms. The molecule has 1 aromatic carbocycles. The Labute approximate surface area is 118 Å². The molecule has 1 N–H and O–H groups in total. The summed E-state index contributed by atoms with van der Waals surface area (Å²) in [6, 6.07) is 13.0. The topological polar surface area (TPSA) is 53.4 Å². The SMILES string of the molecule is CN(CCc1ccccn1)Cc1ccccc1C(=O)O. The summed E-state index contributed by atoms with van der Waals surface area (Å²) in [5.74, 6) is -0.876. The van der Waals surface area contributed by atoms with Gasteiger partial charge in [0.15, 0.2) is 0 Å². The second-order valence-corrected chi connectivity index (χ2v) is 4.77. The van der Waals surface area contributed by atoms with E-state index in [9.17, 15) is 4.79 Å². The Balaban J connectivity index is 1.95. The number of hydrogen-bond acceptors (Lipinski definition) is 3. The van der Waals surface area contributed by atoms with E-state index in [1.54, 1.807) is 18.3 Å². The Bertz CT molecular complexity index is 570. The molecule has 2 rings (SSSR count). The van der Waals surface area contributed by atoms with Crippen LogP contribution in [0.1, 0.15) is 21.6 Å². The van der Waals surface area contributed by atoms with Gasteiger partial charge in [-0.3, -0.25) is 4.98 Å². The molecule has 0 amide bonds. The lowest BCUT2D eigenvalue weighted by atomic mass is 10.1. The zero-order chi connectivity index (χ0) is 14.4. The van der Waals surface area contributed by atoms with Crippen LogP contribution in [0.4, 0.5) is 0 Å². The number of carbonyl (C=O) groups is 1. The lowest BCUT2D eigenvalue weighted by Gasteiger charge is -2.17. The van der Waals surface area contributed by atoms with Gasteiger partial charge < -0.3 is 10.0 Å². The van der Waals surface area contributed by atoms with Gasteiger partial charge >= 0.3 is 5.97 Å². The Morgan fingerprint density at radius 1 is 1.20 bits per heavy atom. The van der Waals surface area contributed by atoms with Crippen LogP contribution >= 0.6 is 0 Å². The molecule has 0 bridgehead atoms. The summed E-state index contributed by atoms with van der Waals surface area (Å²) in [7, 11) is 1.99. The summed E-state index contributed by atoms with van der Waals surface area (Å²) < 4.78 is 0. The average Bonchev–Trinajstić information content (AvgIpc) is 2.46. The number of carboxylic acids is 1. The Morgan fingerprint density at radius 2 is 1.95 bits per heavy atom. The van der Waals surface area contributed by atoms with Gasteiger partial charge in [0.2, 0.25) is 0 Å². The lowest BCUT2D eigenvalue weighted by Crippen LogP contribution is -2.22. The number of benzene rings is 1. The molecular weight excluding hydrogens is 252 g/mol. The van der Waals surface area contributed by atoms with Gasteiger partial charge in [0.05, 0.1) is 5.56 Å². The third-order valence-corrected chi connectivity index (χ3v) is 3.16. The maximum atomic E-state index is 11.2. The van der Waals surface area contributed by atoms with Gasteiger partial charge in [0.25, 0.3) is 0 Å². The highest BCUT2D eigenvalue weighted by Gasteiger charge is 2.10. The van der Waals surface area contributed by atoms with Crippen LogP contribution in [0.15, 0.2) is 48.7 Å². The van der Waals surface area contributed by atoms with Crippen molar-refractivity contribution in [3.05, 3.63) is 65.5 Å². The summed E-state index contributed by atoms with van der Waals surface area (Å²) in [6.45, 7) is 1.46. The monoisotopic (exact) mass is 270 g/mol. The molecule has 1 aromatic heterocycles. The standard InChI is InChI=1S/C16H18N2O2/c1-18(11-9-14-7-4-5-10-17-14)12-13-6-2-3-8-15(13)16(19)20/h2-8,10H,9,11-12H2,1H3,(H,19,20). The molecule has 104 valence electrons. The molecule has 4 nitrogen and oxygen atoms in total. The molecule has 1 heterocycles. The Morgan fingerprint density at radius 3 is 2.65 bits per heavy atom. The number of hydrogen-bond donors (Lipinski definition) is 1. The highest BCUT2D eigenvalue weighted by atomic mass is 16.4. The van der Waals surface area contributed by atoms with Crippen molar-refractivity contribution in [2.75, 3.05) is 13.6 Å². The van der Waals surface area contributed by atoms with Crippen molar-refractivity contribution < 1.29 is 9.90 Å². The van der Waals surface area contributed by atoms with Crippen molar-refractivity contribution in [3.8, 4) is 0 Å². The van der Waals surface area contributed by atoms with E-state index in [0.717, 1.165) is 24.2 Å². The number of rotatable bonds is 6. The first-order valence-corrected chi connectivity index (χ1v) is 6.56. The molecule has 0 atom stereocenters. The van der Waals surface area contributed by atoms with Crippen molar-refractivity contribution in [1.29, 1.82) is 0 Å². The van der Waals surface area contributed by atoms with E-state index in [1.807, 2.05) is 37.4 Å². The van der Waals surface area contributed by atoms with Gasteiger partial charge in [0.1, 0.15) is 0 Å². The molecule has 0 saturated carbocycles. The van der Waals surface area contributed by atoms with Crippen LogP contribution in [0.5, 0.6) is 0 Å². The van der Waals surface area contributed by atoms with Crippen molar-refractivity contribution in [3.63, 3.8) is 0 Å². The second kappa shape index (κ2) is 6.82. The summed E-state index contributed by atoms with van der Waals surface area (Å²) >= 11 is 0. The highest BCUT2D eigenvalue weighted by Crippen LogP contribution is 2.11. The van der Waals surface area contributed by atoms with Gasteiger partial charge in [0, 0.05) is 31.4 Å². The Kier molecular flexibility index (Phi) is 4.85. The largest absolute Gasteiger partial charge is 0.478 e. The zero-order valence-electron chi connectivity index (χ0n) is 11.5. The van der Waals surface area contributed by atoms with Gasteiger partial charge in [-0.1, -0.05) is 24.3 Å². The van der Waals surface area contributed by atoms with Crippen LogP contribution in [-0.2, 0) is 13.0 Å². The highest BCUT2D eigenvalue weighted by molar-refractivity contribution is 5.89. The molecular formula is C16H18N2O2. The summed E-state index contributed by atoms with van der Waals surface area (Å²) in [5.41, 5.74) is 2.26. The van der Waals surface area contributed by atoms with E-state index in [2.05, 4.69) is 9.88 Å². The van der Waals surface area contributed by atoms with E-state index < -0.39 is 5.97 Å². The maximum absolute atomic E-state index is 11.2. The minimum absolute atomic E-state index is 0.372. The van der Waals surface area contributed by atoms with Crippen LogP contribution in [-0.4, -0.2) is 34.6 Å². The van der Waals surface area contributed by atoms with Gasteiger partial charge in [-0.15, -0.1) is 0 Å². The van der Waals surface area contributed by atoms with E-state index in [1.165, 1.54) is 0 Å². The fraction of sp³-hybridized carbons (Fsp3) is 0.250. The van der Waals surface area contributed by atoms with Crippen LogP contribution in [0.3, 0.4) is 0 Å². The first-order valence-electron chi connectivity index (χ1n) is 6.56. The van der Waals surface area contributed by atoms with Crippen LogP contribution < -0.4 is 0 Å². The number of aromatic carboxylic acids is 1. The maximum Gasteiger partial charge on any atom is 0.336 e. The minimum atomic E-state index is -0.876. The van der Waals surface area contributed by atoms with Crippen LogP contribution in [0.25, 0.3) is 0 Å². The molecule has 0 aliphatic rings. The predicted octanol–water partition coefficient (Wildman–Crippen LogP) is 2.45. The molecule has 0 saturated heterocycles. The van der Waals surface area contributed by atoms with Crippen molar-refractivity contribution >= 4 is 5.97 Å². The van der Waals surface area contributed by atoms with Gasteiger partial charge in [-0.05, 0) is 30.8 Å². The van der Waals surface area contributed by atoms with Crippen LogP contribution in [0, 0.1) is 0 Å². The first kappa shape index (κ1) is 14.2. The molecule has 0 aliphatic heterocycles. The normalized spacial score (nSPS) is 10.7. The fourth-order valence-corrected chi connectivity index (χ4v) is 2.09. The fourth-order valence-electron chi connectivity index (χ4n) is 2.09. The van der Waals surface area contributed by atoms with Crippen LogP contribution in [0.2, 0.25) is 0 Å². The lowest BCUT2D eigenvalue weighted by molar-refractivity contribution is 0.0694. The summed E-state index contributed by atoms with van der Waals surface area (Å²) in [4.78, 5) is 17.5. The number of pyridine rings is 1. The molecule has 0 radical (unpaired) electrons. The summed E-state index contributed by atoms with van der Waals surface area (Å²) in [5, 5.41) is 9.16. The zero-order valence-corrected chi connectivity index (χ0v) is 11.5. The average molecular weight is 270 g/mol.